The number of nitrogens with one attached hydrogen (secondary N) is 2. The summed E-state index contributed by atoms with van der Waals surface area (Å²) in [7, 11) is 0. The number of rotatable bonds is 3. The van der Waals surface area contributed by atoms with Gasteiger partial charge in [0.2, 0.25) is 0 Å². The van der Waals surface area contributed by atoms with Crippen LogP contribution in [0.25, 0.3) is 54.9 Å². The summed E-state index contributed by atoms with van der Waals surface area (Å²) >= 11 is 1.70. The van der Waals surface area contributed by atoms with E-state index in [1.165, 1.54) is 4.88 Å². The van der Waals surface area contributed by atoms with Gasteiger partial charge in [0, 0.05) is 34.4 Å². The number of hydrogen-bond donors (Lipinski definition) is 2. The van der Waals surface area contributed by atoms with Crippen LogP contribution in [0.3, 0.4) is 0 Å². The molecule has 32 heavy (non-hydrogen) atoms. The van der Waals surface area contributed by atoms with E-state index >= 15 is 0 Å². The lowest BCUT2D eigenvalue weighted by molar-refractivity contribution is 1.27. The van der Waals surface area contributed by atoms with Gasteiger partial charge in [0.25, 0.3) is 0 Å². The minimum atomic E-state index is -0.0497. The molecule has 0 unspecified atom stereocenters. The van der Waals surface area contributed by atoms with Crippen molar-refractivity contribution >= 4 is 33.3 Å². The summed E-state index contributed by atoms with van der Waals surface area (Å²) in [6.07, 6.45) is 5.34. The third-order valence-electron chi connectivity index (χ3n) is 5.64. The number of hydrogen-bond acceptors (Lipinski definition) is 4. The average molecular weight is 435 g/mol. The number of thiophene rings is 1. The first-order valence-corrected chi connectivity index (χ1v) is 11.1. The summed E-state index contributed by atoms with van der Waals surface area (Å²) in [6, 6.07) is 20.1. The molecule has 2 N–H and O–H groups in total. The second-order valence-electron chi connectivity index (χ2n) is 7.72. The molecule has 1 aromatic carbocycles. The molecule has 0 atom stereocenters. The van der Waals surface area contributed by atoms with Gasteiger partial charge in [-0.25, -0.2) is 4.98 Å². The van der Waals surface area contributed by atoms with E-state index in [-0.39, 0.29) is 5.43 Å². The van der Waals surface area contributed by atoms with Gasteiger partial charge in [-0.1, -0.05) is 12.1 Å². The lowest BCUT2D eigenvalue weighted by Gasteiger charge is -2.11. The van der Waals surface area contributed by atoms with Gasteiger partial charge in [-0.05, 0) is 61.0 Å². The highest BCUT2D eigenvalue weighted by atomic mass is 32.1. The van der Waals surface area contributed by atoms with Crippen LogP contribution in [-0.2, 0) is 0 Å². The molecule has 0 radical (unpaired) electrons. The van der Waals surface area contributed by atoms with Crippen LogP contribution in [0, 0.1) is 6.92 Å². The van der Waals surface area contributed by atoms with Crippen molar-refractivity contribution in [1.82, 2.24) is 19.9 Å². The molecule has 5 heterocycles. The van der Waals surface area contributed by atoms with Gasteiger partial charge in [-0.3, -0.25) is 9.78 Å². The van der Waals surface area contributed by atoms with Gasteiger partial charge in [0.1, 0.15) is 5.65 Å². The second-order valence-corrected chi connectivity index (χ2v) is 9.01. The molecule has 0 bridgehead atoms. The number of fused-ring (bicyclic) bond motifs is 2. The van der Waals surface area contributed by atoms with E-state index in [0.29, 0.717) is 16.6 Å². The SMILES string of the molecule is Cc1ccc(-c2nc3[nH]cc(-c4ccc[nH]4)c(=O)c3cc2-c2ccc3ncccc3c2)s1. The molecule has 6 heteroatoms. The Morgan fingerprint density at radius 3 is 2.69 bits per heavy atom. The van der Waals surface area contributed by atoms with Crippen LogP contribution < -0.4 is 5.43 Å². The highest BCUT2D eigenvalue weighted by Gasteiger charge is 2.17. The third-order valence-corrected chi connectivity index (χ3v) is 6.65. The Bertz CT molecular complexity index is 1660. The van der Waals surface area contributed by atoms with Crippen molar-refractivity contribution in [3.8, 4) is 33.0 Å². The maximum absolute atomic E-state index is 13.4. The van der Waals surface area contributed by atoms with Gasteiger partial charge >= 0.3 is 0 Å². The quantitative estimate of drug-likeness (QED) is 0.350. The number of nitrogens with zero attached hydrogens (tertiary/aromatic N) is 2. The first-order chi connectivity index (χ1) is 15.7. The third kappa shape index (κ3) is 3.04. The zero-order valence-electron chi connectivity index (χ0n) is 17.2. The van der Waals surface area contributed by atoms with E-state index in [9.17, 15) is 4.79 Å². The van der Waals surface area contributed by atoms with Gasteiger partial charge in [0.05, 0.1) is 32.7 Å². The monoisotopic (exact) mass is 434 g/mol. The van der Waals surface area contributed by atoms with Crippen molar-refractivity contribution in [3.05, 3.63) is 94.4 Å². The van der Waals surface area contributed by atoms with E-state index in [2.05, 4.69) is 40.1 Å². The van der Waals surface area contributed by atoms with Crippen molar-refractivity contribution in [1.29, 1.82) is 0 Å². The standard InChI is InChI=1S/C26H18N4OS/c1-15-6-9-23(32-15)24-18(16-7-8-21-17(12-16)4-2-10-27-21)13-19-25(31)20(14-29-26(19)30-24)22-5-3-11-28-22/h2-14,28H,1H3,(H,29,30,31). The topological polar surface area (TPSA) is 74.4 Å². The maximum Gasteiger partial charge on any atom is 0.200 e. The molecule has 0 aliphatic rings. The smallest absolute Gasteiger partial charge is 0.200 e. The van der Waals surface area contributed by atoms with Gasteiger partial charge in [-0.15, -0.1) is 11.3 Å². The average Bonchev–Trinajstić information content (AvgIpc) is 3.50. The minimum Gasteiger partial charge on any atom is -0.361 e. The zero-order chi connectivity index (χ0) is 21.7. The van der Waals surface area contributed by atoms with Crippen LogP contribution in [0.1, 0.15) is 4.88 Å². The van der Waals surface area contributed by atoms with Crippen molar-refractivity contribution in [2.45, 2.75) is 6.92 Å². The molecule has 6 rings (SSSR count). The molecule has 154 valence electrons. The van der Waals surface area contributed by atoms with Crippen molar-refractivity contribution in [2.75, 3.05) is 0 Å². The van der Waals surface area contributed by atoms with Gasteiger partial charge < -0.3 is 9.97 Å². The number of H-pyrrole nitrogens is 2. The Kier molecular flexibility index (Phi) is 4.26. The number of aromatic nitrogens is 4. The number of aryl methyl sites for hydroxylation is 1. The lowest BCUT2D eigenvalue weighted by Crippen LogP contribution is -2.08. The summed E-state index contributed by atoms with van der Waals surface area (Å²) < 4.78 is 0. The van der Waals surface area contributed by atoms with Crippen LogP contribution >= 0.6 is 11.3 Å². The highest BCUT2D eigenvalue weighted by Crippen LogP contribution is 2.37. The Morgan fingerprint density at radius 1 is 0.938 bits per heavy atom. The number of pyridine rings is 3. The highest BCUT2D eigenvalue weighted by molar-refractivity contribution is 7.15. The second kappa shape index (κ2) is 7.28. The van der Waals surface area contributed by atoms with Gasteiger partial charge in [-0.2, -0.15) is 0 Å². The summed E-state index contributed by atoms with van der Waals surface area (Å²) in [5.41, 5.74) is 5.64. The fourth-order valence-corrected chi connectivity index (χ4v) is 4.93. The van der Waals surface area contributed by atoms with E-state index in [0.717, 1.165) is 38.3 Å². The van der Waals surface area contributed by atoms with Crippen LogP contribution in [0.15, 0.2) is 84.0 Å². The Balaban J connectivity index is 1.66. The summed E-state index contributed by atoms with van der Waals surface area (Å²) in [5.74, 6) is 0. The molecule has 0 aliphatic carbocycles. The van der Waals surface area contributed by atoms with Crippen LogP contribution in [0.5, 0.6) is 0 Å². The predicted octanol–water partition coefficient (Wildman–Crippen LogP) is 6.17. The molecule has 0 saturated carbocycles. The fraction of sp³-hybridized carbons (Fsp3) is 0.0385. The normalized spacial score (nSPS) is 11.4. The molecule has 0 saturated heterocycles. The number of benzene rings is 1. The van der Waals surface area contributed by atoms with Crippen molar-refractivity contribution in [2.24, 2.45) is 0 Å². The zero-order valence-corrected chi connectivity index (χ0v) is 18.0. The molecular formula is C26H18N4OS. The largest absolute Gasteiger partial charge is 0.361 e. The van der Waals surface area contributed by atoms with Gasteiger partial charge in [0.15, 0.2) is 5.43 Å². The van der Waals surface area contributed by atoms with Crippen LogP contribution in [-0.4, -0.2) is 19.9 Å². The van der Waals surface area contributed by atoms with E-state index in [4.69, 9.17) is 4.98 Å². The molecular weight excluding hydrogens is 416 g/mol. The summed E-state index contributed by atoms with van der Waals surface area (Å²) in [5, 5.41) is 1.61. The fourth-order valence-electron chi connectivity index (χ4n) is 4.06. The summed E-state index contributed by atoms with van der Waals surface area (Å²) in [4.78, 5) is 31.4. The molecule has 0 amide bonds. The lowest BCUT2D eigenvalue weighted by atomic mass is 9.99. The van der Waals surface area contributed by atoms with Crippen molar-refractivity contribution < 1.29 is 0 Å². The first-order valence-electron chi connectivity index (χ1n) is 10.3. The van der Waals surface area contributed by atoms with E-state index in [1.807, 2.05) is 48.7 Å². The molecule has 0 fully saturated rings. The maximum atomic E-state index is 13.4. The van der Waals surface area contributed by atoms with E-state index < -0.39 is 0 Å². The summed E-state index contributed by atoms with van der Waals surface area (Å²) in [6.45, 7) is 2.08. The molecule has 5 nitrogen and oxygen atoms in total. The molecule has 0 aliphatic heterocycles. The number of aromatic amines is 2. The predicted molar refractivity (Wildman–Crippen MR) is 131 cm³/mol. The molecule has 0 spiro atoms. The van der Waals surface area contributed by atoms with Crippen LogP contribution in [0.2, 0.25) is 0 Å². The van der Waals surface area contributed by atoms with E-state index in [1.54, 1.807) is 23.7 Å². The van der Waals surface area contributed by atoms with Crippen molar-refractivity contribution in [3.63, 3.8) is 0 Å². The molecule has 5 aromatic heterocycles. The Morgan fingerprint density at radius 2 is 1.88 bits per heavy atom. The first kappa shape index (κ1) is 18.7. The Hall–Kier alpha value is -4.03. The van der Waals surface area contributed by atoms with Crippen LogP contribution in [0.4, 0.5) is 0 Å². The minimum absolute atomic E-state index is 0.0497. The Labute approximate surface area is 187 Å². The molecule has 6 aromatic rings.